The number of hydrogen-bond acceptors (Lipinski definition) is 6. The van der Waals surface area contributed by atoms with E-state index in [1.54, 1.807) is 11.8 Å². The first-order valence-electron chi connectivity index (χ1n) is 10.4. The van der Waals surface area contributed by atoms with Crippen molar-refractivity contribution in [1.82, 2.24) is 25.4 Å². The first kappa shape index (κ1) is 20.4. The summed E-state index contributed by atoms with van der Waals surface area (Å²) in [5.41, 5.74) is 1.96. The van der Waals surface area contributed by atoms with Gasteiger partial charge in [0.25, 0.3) is 5.91 Å². The average Bonchev–Trinajstić information content (AvgIpc) is 3.31. The molecule has 7 nitrogen and oxygen atoms in total. The zero-order chi connectivity index (χ0) is 19.9. The molecule has 1 aromatic carbocycles. The molecule has 0 radical (unpaired) electrons. The lowest BCUT2D eigenvalue weighted by molar-refractivity contribution is -0.0361. The number of thioether (sulfide) groups is 1. The van der Waals surface area contributed by atoms with Gasteiger partial charge in [-0.15, -0.1) is 0 Å². The Morgan fingerprint density at radius 3 is 2.62 bits per heavy atom. The van der Waals surface area contributed by atoms with E-state index >= 15 is 0 Å². The van der Waals surface area contributed by atoms with Crippen molar-refractivity contribution >= 4 is 17.7 Å². The second-order valence-electron chi connectivity index (χ2n) is 7.84. The van der Waals surface area contributed by atoms with E-state index < -0.39 is 0 Å². The van der Waals surface area contributed by atoms with Crippen molar-refractivity contribution in [2.24, 2.45) is 0 Å². The number of aromatic nitrogens is 3. The van der Waals surface area contributed by atoms with Crippen molar-refractivity contribution in [1.29, 1.82) is 0 Å². The fourth-order valence-corrected chi connectivity index (χ4v) is 5.10. The third-order valence-corrected chi connectivity index (χ3v) is 6.98. The largest absolute Gasteiger partial charge is 0.379 e. The minimum atomic E-state index is 0.0117. The number of ether oxygens (including phenoxy) is 1. The van der Waals surface area contributed by atoms with Crippen molar-refractivity contribution < 1.29 is 9.53 Å². The van der Waals surface area contributed by atoms with Crippen molar-refractivity contribution in [3.05, 3.63) is 41.7 Å². The molecule has 29 heavy (non-hydrogen) atoms. The Hall–Kier alpha value is -1.90. The Bertz CT molecular complexity index is 769. The molecule has 2 N–H and O–H groups in total. The maximum Gasteiger partial charge on any atom is 0.251 e. The maximum atomic E-state index is 12.8. The molecule has 1 saturated carbocycles. The second-order valence-corrected chi connectivity index (χ2v) is 8.81. The zero-order valence-electron chi connectivity index (χ0n) is 16.7. The van der Waals surface area contributed by atoms with Crippen LogP contribution < -0.4 is 5.32 Å². The van der Waals surface area contributed by atoms with Crippen LogP contribution in [0.2, 0.25) is 0 Å². The summed E-state index contributed by atoms with van der Waals surface area (Å²) in [4.78, 5) is 19.5. The first-order chi connectivity index (χ1) is 14.3. The summed E-state index contributed by atoms with van der Waals surface area (Å²) in [5, 5.41) is 10.7. The van der Waals surface area contributed by atoms with E-state index in [-0.39, 0.29) is 11.4 Å². The SMILES string of the molecule is O=C(NCC1(N2CCOCC2)CCCCC1)c1ccc(CSc2ncn[nH]2)cc1. The number of nitrogens with zero attached hydrogens (tertiary/aromatic N) is 3. The smallest absolute Gasteiger partial charge is 0.251 e. The minimum absolute atomic E-state index is 0.0117. The summed E-state index contributed by atoms with van der Waals surface area (Å²) in [5.74, 6) is 0.801. The number of morpholine rings is 1. The fourth-order valence-electron chi connectivity index (χ4n) is 4.37. The molecule has 156 valence electrons. The number of H-pyrrole nitrogens is 1. The molecule has 1 aliphatic heterocycles. The summed E-state index contributed by atoms with van der Waals surface area (Å²) in [6.07, 6.45) is 7.60. The van der Waals surface area contributed by atoms with Gasteiger partial charge in [-0.3, -0.25) is 14.8 Å². The minimum Gasteiger partial charge on any atom is -0.379 e. The molecule has 1 saturated heterocycles. The van der Waals surface area contributed by atoms with E-state index in [0.29, 0.717) is 5.56 Å². The van der Waals surface area contributed by atoms with Gasteiger partial charge in [0.2, 0.25) is 0 Å². The highest BCUT2D eigenvalue weighted by molar-refractivity contribution is 7.98. The van der Waals surface area contributed by atoms with Crippen molar-refractivity contribution in [3.63, 3.8) is 0 Å². The number of aromatic amines is 1. The fraction of sp³-hybridized carbons (Fsp3) is 0.571. The molecule has 0 bridgehead atoms. The van der Waals surface area contributed by atoms with Crippen LogP contribution in [-0.4, -0.2) is 64.4 Å². The molecule has 8 heteroatoms. The van der Waals surface area contributed by atoms with E-state index in [1.807, 2.05) is 24.3 Å². The molecule has 1 aromatic heterocycles. The number of carbonyl (C=O) groups is 1. The third kappa shape index (κ3) is 5.18. The lowest BCUT2D eigenvalue weighted by atomic mass is 9.79. The monoisotopic (exact) mass is 415 g/mol. The van der Waals surface area contributed by atoms with Crippen LogP contribution in [0, 0.1) is 0 Å². The van der Waals surface area contributed by atoms with E-state index in [1.165, 1.54) is 25.6 Å². The van der Waals surface area contributed by atoms with Gasteiger partial charge in [-0.1, -0.05) is 43.2 Å². The number of nitrogens with one attached hydrogen (secondary N) is 2. The number of carbonyl (C=O) groups excluding carboxylic acids is 1. The number of hydrogen-bond donors (Lipinski definition) is 2. The van der Waals surface area contributed by atoms with Gasteiger partial charge in [-0.2, -0.15) is 5.10 Å². The van der Waals surface area contributed by atoms with Crippen molar-refractivity contribution in [3.8, 4) is 0 Å². The van der Waals surface area contributed by atoms with Crippen LogP contribution in [0.3, 0.4) is 0 Å². The number of rotatable bonds is 7. The van der Waals surface area contributed by atoms with Crippen LogP contribution in [0.1, 0.15) is 48.0 Å². The van der Waals surface area contributed by atoms with Gasteiger partial charge < -0.3 is 10.1 Å². The highest BCUT2D eigenvalue weighted by atomic mass is 32.2. The predicted octanol–water partition coefficient (Wildman–Crippen LogP) is 2.86. The molecule has 0 spiro atoms. The molecule has 0 atom stereocenters. The Morgan fingerprint density at radius 1 is 1.17 bits per heavy atom. The van der Waals surface area contributed by atoms with E-state index in [4.69, 9.17) is 4.74 Å². The van der Waals surface area contributed by atoms with Gasteiger partial charge in [0.1, 0.15) is 6.33 Å². The number of benzene rings is 1. The lowest BCUT2D eigenvalue weighted by Gasteiger charge is -2.48. The first-order valence-corrected chi connectivity index (χ1v) is 11.4. The van der Waals surface area contributed by atoms with Gasteiger partial charge in [0.05, 0.1) is 13.2 Å². The third-order valence-electron chi connectivity index (χ3n) is 6.03. The lowest BCUT2D eigenvalue weighted by Crippen LogP contribution is -2.59. The molecular formula is C21H29N5O2S. The average molecular weight is 416 g/mol. The second kappa shape index (κ2) is 9.73. The summed E-state index contributed by atoms with van der Waals surface area (Å²) in [6.45, 7) is 4.24. The molecule has 0 unspecified atom stereocenters. The van der Waals surface area contributed by atoms with Gasteiger partial charge >= 0.3 is 0 Å². The highest BCUT2D eigenvalue weighted by Crippen LogP contribution is 2.34. The van der Waals surface area contributed by atoms with Crippen molar-refractivity contribution in [2.75, 3.05) is 32.8 Å². The molecule has 4 rings (SSSR count). The Labute approximate surface area is 176 Å². The van der Waals surface area contributed by atoms with Crippen LogP contribution in [-0.2, 0) is 10.5 Å². The summed E-state index contributed by atoms with van der Waals surface area (Å²) >= 11 is 1.59. The summed E-state index contributed by atoms with van der Waals surface area (Å²) < 4.78 is 5.55. The van der Waals surface area contributed by atoms with Crippen LogP contribution >= 0.6 is 11.8 Å². The molecule has 2 heterocycles. The topological polar surface area (TPSA) is 83.1 Å². The standard InChI is InChI=1S/C21H29N5O2S/c27-19(18-6-4-17(5-7-18)14-29-20-23-16-24-25-20)22-15-21(8-2-1-3-9-21)26-10-12-28-13-11-26/h4-7,16H,1-3,8-15H2,(H,22,27)(H,23,24,25). The van der Waals surface area contributed by atoms with Crippen LogP contribution in [0.4, 0.5) is 0 Å². The summed E-state index contributed by atoms with van der Waals surface area (Å²) in [7, 11) is 0. The van der Waals surface area contributed by atoms with Gasteiger partial charge in [0.15, 0.2) is 5.16 Å². The van der Waals surface area contributed by atoms with Gasteiger partial charge in [-0.05, 0) is 30.5 Å². The summed E-state index contributed by atoms with van der Waals surface area (Å²) in [6, 6.07) is 7.84. The normalized spacial score (nSPS) is 19.7. The molecular weight excluding hydrogens is 386 g/mol. The van der Waals surface area contributed by atoms with Gasteiger partial charge in [0, 0.05) is 36.5 Å². The molecule has 1 aliphatic carbocycles. The van der Waals surface area contributed by atoms with Crippen LogP contribution in [0.15, 0.2) is 35.7 Å². The van der Waals surface area contributed by atoms with E-state index in [2.05, 4.69) is 25.4 Å². The predicted molar refractivity (Wildman–Crippen MR) is 113 cm³/mol. The van der Waals surface area contributed by atoms with Crippen LogP contribution in [0.25, 0.3) is 0 Å². The Morgan fingerprint density at radius 2 is 1.93 bits per heavy atom. The quantitative estimate of drug-likeness (QED) is 0.677. The van der Waals surface area contributed by atoms with Crippen molar-refractivity contribution in [2.45, 2.75) is 48.6 Å². The Balaban J connectivity index is 1.33. The van der Waals surface area contributed by atoms with E-state index in [9.17, 15) is 4.79 Å². The number of amides is 1. The molecule has 2 aliphatic rings. The zero-order valence-corrected chi connectivity index (χ0v) is 17.5. The van der Waals surface area contributed by atoms with E-state index in [0.717, 1.165) is 62.2 Å². The van der Waals surface area contributed by atoms with Crippen LogP contribution in [0.5, 0.6) is 0 Å². The molecule has 2 fully saturated rings. The Kier molecular flexibility index (Phi) is 6.84. The van der Waals surface area contributed by atoms with Gasteiger partial charge in [-0.25, -0.2) is 4.98 Å². The highest BCUT2D eigenvalue weighted by Gasteiger charge is 2.38. The maximum absolute atomic E-state index is 12.8. The molecule has 2 aromatic rings. The molecule has 1 amide bonds.